The van der Waals surface area contributed by atoms with Crippen LogP contribution in [-0.2, 0) is 0 Å². The van der Waals surface area contributed by atoms with Crippen molar-refractivity contribution in [2.45, 2.75) is 6.92 Å². The zero-order valence-corrected chi connectivity index (χ0v) is 13.0. The minimum absolute atomic E-state index is 0.171. The standard InChI is InChI=1S/C18H16O5/c1-10-4-5-11(6-14(10)19)12-8-18(20)23-15-9-17(22-3)16(21-2)7-13(12)15/h4-9,19H,1-3H3. The highest BCUT2D eigenvalue weighted by Gasteiger charge is 2.14. The molecule has 0 bridgehead atoms. The molecule has 0 saturated heterocycles. The summed E-state index contributed by atoms with van der Waals surface area (Å²) in [7, 11) is 3.06. The van der Waals surface area contributed by atoms with E-state index in [1.807, 2.05) is 13.0 Å². The lowest BCUT2D eigenvalue weighted by atomic mass is 10.00. The van der Waals surface area contributed by atoms with E-state index in [0.717, 1.165) is 11.1 Å². The van der Waals surface area contributed by atoms with Crippen molar-refractivity contribution in [3.63, 3.8) is 0 Å². The summed E-state index contributed by atoms with van der Waals surface area (Å²) in [5, 5.41) is 10.6. The first-order chi connectivity index (χ1) is 11.0. The summed E-state index contributed by atoms with van der Waals surface area (Å²) in [5.74, 6) is 1.18. The number of fused-ring (bicyclic) bond motifs is 1. The second kappa shape index (κ2) is 5.68. The molecular weight excluding hydrogens is 296 g/mol. The summed E-state index contributed by atoms with van der Waals surface area (Å²) >= 11 is 0. The lowest BCUT2D eigenvalue weighted by Crippen LogP contribution is -1.99. The Hall–Kier alpha value is -2.95. The molecule has 1 N–H and O–H groups in total. The number of phenols is 1. The molecule has 0 aliphatic carbocycles. The molecule has 5 nitrogen and oxygen atoms in total. The van der Waals surface area contributed by atoms with E-state index in [0.29, 0.717) is 28.0 Å². The van der Waals surface area contributed by atoms with Gasteiger partial charge in [0.15, 0.2) is 11.5 Å². The van der Waals surface area contributed by atoms with Gasteiger partial charge in [0.25, 0.3) is 0 Å². The Morgan fingerprint density at radius 1 is 1.00 bits per heavy atom. The SMILES string of the molecule is COc1cc2oc(=O)cc(-c3ccc(C)c(O)c3)c2cc1OC. The summed E-state index contributed by atoms with van der Waals surface area (Å²) < 4.78 is 15.8. The fourth-order valence-corrected chi connectivity index (χ4v) is 2.50. The molecule has 0 amide bonds. The van der Waals surface area contributed by atoms with Crippen LogP contribution in [0.15, 0.2) is 45.6 Å². The molecule has 0 aliphatic rings. The maximum absolute atomic E-state index is 11.9. The molecule has 0 fully saturated rings. The first-order valence-corrected chi connectivity index (χ1v) is 7.03. The highest BCUT2D eigenvalue weighted by Crippen LogP contribution is 2.37. The van der Waals surface area contributed by atoms with Crippen molar-refractivity contribution in [3.05, 3.63) is 52.4 Å². The summed E-state index contributed by atoms with van der Waals surface area (Å²) in [6, 6.07) is 10.0. The smallest absolute Gasteiger partial charge is 0.336 e. The number of ether oxygens (including phenoxy) is 2. The van der Waals surface area contributed by atoms with Crippen LogP contribution in [0.3, 0.4) is 0 Å². The molecule has 0 aliphatic heterocycles. The molecule has 0 atom stereocenters. The number of phenolic OH excluding ortho intramolecular Hbond substituents is 1. The number of methoxy groups -OCH3 is 2. The number of hydrogen-bond donors (Lipinski definition) is 1. The van der Waals surface area contributed by atoms with Crippen molar-refractivity contribution in [3.8, 4) is 28.4 Å². The number of hydrogen-bond acceptors (Lipinski definition) is 5. The summed E-state index contributed by atoms with van der Waals surface area (Å²) in [4.78, 5) is 11.9. The zero-order valence-electron chi connectivity index (χ0n) is 13.0. The van der Waals surface area contributed by atoms with Gasteiger partial charge in [-0.1, -0.05) is 12.1 Å². The Morgan fingerprint density at radius 2 is 1.70 bits per heavy atom. The normalized spacial score (nSPS) is 10.7. The van der Waals surface area contributed by atoms with Gasteiger partial charge in [-0.2, -0.15) is 0 Å². The van der Waals surface area contributed by atoms with Gasteiger partial charge in [-0.05, 0) is 30.2 Å². The maximum Gasteiger partial charge on any atom is 0.336 e. The van der Waals surface area contributed by atoms with Gasteiger partial charge in [0, 0.05) is 23.1 Å². The van der Waals surface area contributed by atoms with Crippen molar-refractivity contribution >= 4 is 11.0 Å². The first kappa shape index (κ1) is 15.0. The number of aromatic hydroxyl groups is 1. The molecule has 3 rings (SSSR count). The minimum Gasteiger partial charge on any atom is -0.508 e. The van der Waals surface area contributed by atoms with Crippen molar-refractivity contribution in [1.29, 1.82) is 0 Å². The molecule has 0 spiro atoms. The molecule has 3 aromatic rings. The Kier molecular flexibility index (Phi) is 3.70. The van der Waals surface area contributed by atoms with Gasteiger partial charge < -0.3 is 19.0 Å². The van der Waals surface area contributed by atoms with Crippen LogP contribution >= 0.6 is 0 Å². The Morgan fingerprint density at radius 3 is 2.35 bits per heavy atom. The topological polar surface area (TPSA) is 68.9 Å². The van der Waals surface area contributed by atoms with Gasteiger partial charge in [-0.3, -0.25) is 0 Å². The largest absolute Gasteiger partial charge is 0.508 e. The predicted octanol–water partition coefficient (Wildman–Crippen LogP) is 3.49. The Labute approximate surface area is 132 Å². The molecule has 0 unspecified atom stereocenters. The molecule has 118 valence electrons. The van der Waals surface area contributed by atoms with Gasteiger partial charge in [-0.25, -0.2) is 4.79 Å². The van der Waals surface area contributed by atoms with Crippen molar-refractivity contribution in [1.82, 2.24) is 0 Å². The maximum atomic E-state index is 11.9. The highest BCUT2D eigenvalue weighted by atomic mass is 16.5. The number of aryl methyl sites for hydroxylation is 1. The minimum atomic E-state index is -0.472. The fraction of sp³-hybridized carbons (Fsp3) is 0.167. The van der Waals surface area contributed by atoms with E-state index in [4.69, 9.17) is 13.9 Å². The predicted molar refractivity (Wildman–Crippen MR) is 87.4 cm³/mol. The summed E-state index contributed by atoms with van der Waals surface area (Å²) in [6.45, 7) is 1.81. The molecule has 0 radical (unpaired) electrons. The summed E-state index contributed by atoms with van der Waals surface area (Å²) in [6.07, 6.45) is 0. The number of rotatable bonds is 3. The fourth-order valence-electron chi connectivity index (χ4n) is 2.50. The van der Waals surface area contributed by atoms with E-state index in [9.17, 15) is 9.90 Å². The van der Waals surface area contributed by atoms with Gasteiger partial charge >= 0.3 is 5.63 Å². The van der Waals surface area contributed by atoms with Crippen LogP contribution in [0, 0.1) is 6.92 Å². The molecule has 1 heterocycles. The Balaban J connectivity index is 2.35. The lowest BCUT2D eigenvalue weighted by molar-refractivity contribution is 0.355. The van der Waals surface area contributed by atoms with E-state index in [1.165, 1.54) is 13.2 Å². The average molecular weight is 312 g/mol. The van der Waals surface area contributed by atoms with Crippen molar-refractivity contribution in [2.75, 3.05) is 14.2 Å². The third-order valence-corrected chi connectivity index (χ3v) is 3.77. The van der Waals surface area contributed by atoms with Gasteiger partial charge in [0.05, 0.1) is 14.2 Å². The van der Waals surface area contributed by atoms with Gasteiger partial charge in [0.2, 0.25) is 0 Å². The molecule has 2 aromatic carbocycles. The van der Waals surface area contributed by atoms with E-state index < -0.39 is 5.63 Å². The van der Waals surface area contributed by atoms with Gasteiger partial charge in [-0.15, -0.1) is 0 Å². The third-order valence-electron chi connectivity index (χ3n) is 3.77. The van der Waals surface area contributed by atoms with Crippen LogP contribution in [0.25, 0.3) is 22.1 Å². The second-order valence-electron chi connectivity index (χ2n) is 5.18. The monoisotopic (exact) mass is 312 g/mol. The van der Waals surface area contributed by atoms with Crippen LogP contribution in [0.2, 0.25) is 0 Å². The van der Waals surface area contributed by atoms with E-state index in [2.05, 4.69) is 0 Å². The van der Waals surface area contributed by atoms with Crippen LogP contribution in [0.5, 0.6) is 17.2 Å². The zero-order chi connectivity index (χ0) is 16.6. The lowest BCUT2D eigenvalue weighted by Gasteiger charge is -2.11. The van der Waals surface area contributed by atoms with Crippen molar-refractivity contribution in [2.24, 2.45) is 0 Å². The molecule has 5 heteroatoms. The first-order valence-electron chi connectivity index (χ1n) is 7.03. The number of benzene rings is 2. The highest BCUT2D eigenvalue weighted by molar-refractivity contribution is 5.95. The van der Waals surface area contributed by atoms with Crippen molar-refractivity contribution < 1.29 is 19.0 Å². The Bertz CT molecular complexity index is 940. The second-order valence-corrected chi connectivity index (χ2v) is 5.18. The van der Waals surface area contributed by atoms with E-state index in [-0.39, 0.29) is 5.75 Å². The average Bonchev–Trinajstić information content (AvgIpc) is 2.55. The van der Waals surface area contributed by atoms with Crippen LogP contribution in [0.1, 0.15) is 5.56 Å². The summed E-state index contributed by atoms with van der Waals surface area (Å²) in [5.41, 5.74) is 2.07. The molecule has 23 heavy (non-hydrogen) atoms. The molecule has 0 saturated carbocycles. The van der Waals surface area contributed by atoms with Gasteiger partial charge in [0.1, 0.15) is 11.3 Å². The molecular formula is C18H16O5. The molecule has 1 aromatic heterocycles. The third kappa shape index (κ3) is 2.61. The quantitative estimate of drug-likeness (QED) is 0.750. The van der Waals surface area contributed by atoms with Crippen LogP contribution in [-0.4, -0.2) is 19.3 Å². The van der Waals surface area contributed by atoms with Crippen LogP contribution in [0.4, 0.5) is 0 Å². The van der Waals surface area contributed by atoms with Crippen LogP contribution < -0.4 is 15.1 Å². The van der Waals surface area contributed by atoms with E-state index >= 15 is 0 Å². The van der Waals surface area contributed by atoms with E-state index in [1.54, 1.807) is 31.4 Å².